The van der Waals surface area contributed by atoms with Crippen LogP contribution in [0.5, 0.6) is 0 Å². The molecule has 19 heteroatoms. The number of hydrogen-bond donors (Lipinski definition) is 5. The summed E-state index contributed by atoms with van der Waals surface area (Å²) in [6, 6.07) is 16.0. The number of unbranched alkanes of at least 4 members (excludes halogenated alkanes) is 5. The molecule has 0 aliphatic carbocycles. The second-order valence-electron chi connectivity index (χ2n) is 16.1. The van der Waals surface area contributed by atoms with E-state index in [4.69, 9.17) is 47.4 Å². The van der Waals surface area contributed by atoms with Crippen molar-refractivity contribution >= 4 is 24.1 Å². The molecule has 4 saturated heterocycles. The molecule has 348 valence electrons. The molecule has 4 aliphatic rings. The fraction of sp³-hybridized carbons (Fsp3) is 0.636. The molecular weight excluding hydrogens is 828 g/mol. The smallest absolute Gasteiger partial charge is 0.407 e. The highest BCUT2D eigenvalue weighted by Crippen LogP contribution is 2.42. The van der Waals surface area contributed by atoms with Crippen molar-refractivity contribution < 1.29 is 81.9 Å². The van der Waals surface area contributed by atoms with E-state index >= 15 is 0 Å². The minimum Gasteiger partial charge on any atom is -0.465 e. The van der Waals surface area contributed by atoms with Gasteiger partial charge in [0.1, 0.15) is 48.8 Å². The van der Waals surface area contributed by atoms with Crippen molar-refractivity contribution in [3.63, 3.8) is 0 Å². The Morgan fingerprint density at radius 3 is 1.76 bits per heavy atom. The van der Waals surface area contributed by atoms with Gasteiger partial charge in [-0.2, -0.15) is 0 Å². The number of nitrogens with one attached hydrogen (secondary N) is 2. The fourth-order valence-corrected chi connectivity index (χ4v) is 8.33. The molecule has 4 heterocycles. The first kappa shape index (κ1) is 48.0. The van der Waals surface area contributed by atoms with Crippen LogP contribution in [0, 0.1) is 0 Å². The van der Waals surface area contributed by atoms with Crippen molar-refractivity contribution in [2.75, 3.05) is 34.0 Å². The van der Waals surface area contributed by atoms with Crippen LogP contribution in [-0.2, 0) is 70.2 Å². The Balaban J connectivity index is 1.29. The van der Waals surface area contributed by atoms with Gasteiger partial charge in [0, 0.05) is 0 Å². The first-order valence-electron chi connectivity index (χ1n) is 21.5. The van der Waals surface area contributed by atoms with Crippen molar-refractivity contribution in [1.29, 1.82) is 0 Å². The standard InChI is InChI=1S/C44H60N2O17/c1-4-5-6-7-8-15-20-58-43(39(50)54-2)21-30-34(46-42(53)59-30)38(62-43)36(49)32(26-57-24-28-18-13-10-14-19-28)61-44(40(51)55-3)22-31-33(45-41(52)60-31)37(63-44)35(48)29(47)25-56-23-27-16-11-9-12-17-27/h9-14,16-19,29-38,47-49H,4-8,15,20-26H2,1-3H3,(H,45,52)(H,46,53)/t29-,30+,31+,32-,33-,34-,35-,36-,37-,38-,43-,44-/m1/s1. The van der Waals surface area contributed by atoms with Gasteiger partial charge in [-0.1, -0.05) is 99.7 Å². The Morgan fingerprint density at radius 2 is 1.19 bits per heavy atom. The minimum absolute atomic E-state index is 0.00708. The topological polar surface area (TPSA) is 245 Å². The molecule has 2 aromatic rings. The number of rotatable bonds is 24. The summed E-state index contributed by atoms with van der Waals surface area (Å²) in [7, 11) is 2.21. The maximum Gasteiger partial charge on any atom is 0.407 e. The van der Waals surface area contributed by atoms with Crippen molar-refractivity contribution in [2.45, 2.75) is 144 Å². The number of carbonyl (C=O) groups excluding carboxylic acids is 4. The number of alkyl carbamates (subject to hydrolysis) is 2. The van der Waals surface area contributed by atoms with Crippen molar-refractivity contribution in [1.82, 2.24) is 10.6 Å². The lowest BCUT2D eigenvalue weighted by Crippen LogP contribution is -2.68. The summed E-state index contributed by atoms with van der Waals surface area (Å²) in [5.41, 5.74) is 1.56. The Bertz CT molecular complexity index is 1790. The van der Waals surface area contributed by atoms with Gasteiger partial charge in [0.25, 0.3) is 11.6 Å². The van der Waals surface area contributed by atoms with Gasteiger partial charge in [-0.15, -0.1) is 0 Å². The van der Waals surface area contributed by atoms with Crippen molar-refractivity contribution in [3.05, 3.63) is 71.8 Å². The molecular formula is C44H60N2O17. The molecule has 0 spiro atoms. The maximum absolute atomic E-state index is 14.0. The van der Waals surface area contributed by atoms with Gasteiger partial charge in [-0.05, 0) is 17.5 Å². The van der Waals surface area contributed by atoms with Gasteiger partial charge < -0.3 is 73.3 Å². The number of ether oxygens (including phenoxy) is 10. The largest absolute Gasteiger partial charge is 0.465 e. The Labute approximate surface area is 365 Å². The van der Waals surface area contributed by atoms with Crippen LogP contribution in [0.2, 0.25) is 0 Å². The first-order valence-corrected chi connectivity index (χ1v) is 21.5. The molecule has 2 aromatic carbocycles. The molecule has 2 amide bonds. The summed E-state index contributed by atoms with van der Waals surface area (Å²) in [6.45, 7) is 1.46. The fourth-order valence-electron chi connectivity index (χ4n) is 8.33. The first-order chi connectivity index (χ1) is 30.4. The summed E-state index contributed by atoms with van der Waals surface area (Å²) >= 11 is 0. The van der Waals surface area contributed by atoms with Crippen LogP contribution < -0.4 is 10.6 Å². The summed E-state index contributed by atoms with van der Waals surface area (Å²) in [6.07, 6.45) is -9.22. The van der Waals surface area contributed by atoms with E-state index < -0.39 is 110 Å². The van der Waals surface area contributed by atoms with Crippen molar-refractivity contribution in [3.8, 4) is 0 Å². The minimum atomic E-state index is -2.54. The zero-order valence-electron chi connectivity index (χ0n) is 35.8. The predicted octanol–water partition coefficient (Wildman–Crippen LogP) is 2.54. The highest BCUT2D eigenvalue weighted by Gasteiger charge is 2.63. The zero-order valence-corrected chi connectivity index (χ0v) is 35.8. The highest BCUT2D eigenvalue weighted by atomic mass is 16.8. The quantitative estimate of drug-likeness (QED) is 0.0578. The molecule has 5 N–H and O–H groups in total. The van der Waals surface area contributed by atoms with Gasteiger partial charge >= 0.3 is 24.1 Å². The van der Waals surface area contributed by atoms with Crippen molar-refractivity contribution in [2.24, 2.45) is 0 Å². The molecule has 0 radical (unpaired) electrons. The molecule has 19 nitrogen and oxygen atoms in total. The number of amides is 2. The van der Waals surface area contributed by atoms with Crippen LogP contribution in [0.3, 0.4) is 0 Å². The van der Waals surface area contributed by atoms with E-state index in [0.29, 0.717) is 6.42 Å². The Kier molecular flexibility index (Phi) is 17.1. The maximum atomic E-state index is 14.0. The van der Waals surface area contributed by atoms with E-state index in [1.54, 1.807) is 24.3 Å². The monoisotopic (exact) mass is 888 g/mol. The number of fused-ring (bicyclic) bond motifs is 2. The lowest BCUT2D eigenvalue weighted by atomic mass is 9.88. The second kappa shape index (κ2) is 22.5. The normalized spacial score (nSPS) is 29.4. The lowest BCUT2D eigenvalue weighted by molar-refractivity contribution is -0.343. The Hall–Kier alpha value is -4.44. The average Bonchev–Trinajstić information content (AvgIpc) is 3.87. The zero-order chi connectivity index (χ0) is 45.0. The van der Waals surface area contributed by atoms with E-state index in [-0.39, 0.29) is 32.8 Å². The molecule has 0 aromatic heterocycles. The second-order valence-corrected chi connectivity index (χ2v) is 16.1. The molecule has 4 aliphatic heterocycles. The summed E-state index contributed by atoms with van der Waals surface area (Å²) in [5.74, 6) is -6.77. The molecule has 63 heavy (non-hydrogen) atoms. The van der Waals surface area contributed by atoms with Crippen LogP contribution in [0.15, 0.2) is 60.7 Å². The van der Waals surface area contributed by atoms with Crippen LogP contribution in [-0.4, -0.2) is 146 Å². The number of carbonyl (C=O) groups is 4. The van der Waals surface area contributed by atoms with Gasteiger partial charge in [0.05, 0.1) is 72.2 Å². The van der Waals surface area contributed by atoms with E-state index in [2.05, 4.69) is 17.6 Å². The molecule has 12 atom stereocenters. The number of aliphatic hydroxyl groups excluding tert-OH is 3. The number of methoxy groups -OCH3 is 2. The average molecular weight is 889 g/mol. The SMILES string of the molecule is CCCCCCCCO[C@]1(C(=O)OC)C[C@@H]2OC(=O)N[C@H]2[C@H]([C@H](O)[C@@H](COCc2ccccc2)O[C@]2(C(=O)OC)C[C@@H]3OC(=O)N[C@H]3[C@H]([C@H](O)[C@H](O)COCc3ccccc3)O2)O1. The van der Waals surface area contributed by atoms with Crippen LogP contribution in [0.4, 0.5) is 9.59 Å². The van der Waals surface area contributed by atoms with E-state index in [1.807, 2.05) is 36.4 Å². The summed E-state index contributed by atoms with van der Waals surface area (Å²) in [4.78, 5) is 53.1. The molecule has 0 unspecified atom stereocenters. The number of aliphatic hydroxyl groups is 3. The van der Waals surface area contributed by atoms with E-state index in [1.165, 1.54) is 0 Å². The van der Waals surface area contributed by atoms with Crippen LogP contribution in [0.25, 0.3) is 0 Å². The summed E-state index contributed by atoms with van der Waals surface area (Å²) in [5, 5.41) is 40.5. The highest BCUT2D eigenvalue weighted by molar-refractivity contribution is 5.79. The van der Waals surface area contributed by atoms with Crippen LogP contribution in [0.1, 0.15) is 69.4 Å². The predicted molar refractivity (Wildman–Crippen MR) is 217 cm³/mol. The Morgan fingerprint density at radius 1 is 0.698 bits per heavy atom. The summed E-state index contributed by atoms with van der Waals surface area (Å²) < 4.78 is 58.5. The van der Waals surface area contributed by atoms with Gasteiger partial charge in [0.15, 0.2) is 0 Å². The van der Waals surface area contributed by atoms with Gasteiger partial charge in [-0.3, -0.25) is 0 Å². The molecule has 4 fully saturated rings. The van der Waals surface area contributed by atoms with Gasteiger partial charge in [-0.25, -0.2) is 19.2 Å². The number of benzene rings is 2. The lowest BCUT2D eigenvalue weighted by Gasteiger charge is -2.48. The number of hydrogen-bond acceptors (Lipinski definition) is 17. The molecule has 0 saturated carbocycles. The third kappa shape index (κ3) is 11.8. The third-order valence-corrected chi connectivity index (χ3v) is 11.6. The van der Waals surface area contributed by atoms with Gasteiger partial charge in [0.2, 0.25) is 0 Å². The molecule has 6 rings (SSSR count). The van der Waals surface area contributed by atoms with E-state index in [9.17, 15) is 34.5 Å². The van der Waals surface area contributed by atoms with Crippen LogP contribution >= 0.6 is 0 Å². The third-order valence-electron chi connectivity index (χ3n) is 11.6. The van der Waals surface area contributed by atoms with E-state index in [0.717, 1.165) is 57.5 Å². The number of esters is 2. The molecule has 0 bridgehead atoms.